The first kappa shape index (κ1) is 19.5. The van der Waals surface area contributed by atoms with Gasteiger partial charge in [-0.2, -0.15) is 0 Å². The molecule has 1 N–H and O–H groups in total. The maximum absolute atomic E-state index is 3.98. The molecule has 0 atom stereocenters. The number of hydrogen-bond acceptors (Lipinski definition) is 3. The van der Waals surface area contributed by atoms with Crippen LogP contribution in [0.4, 0.5) is 0 Å². The largest absolute Gasteiger partial charge is 0.384 e. The summed E-state index contributed by atoms with van der Waals surface area (Å²) in [6.07, 6.45) is 7.74. The summed E-state index contributed by atoms with van der Waals surface area (Å²) in [6.45, 7) is 24.9. The minimum Gasteiger partial charge on any atom is -0.384 e. The van der Waals surface area contributed by atoms with E-state index in [9.17, 15) is 0 Å². The van der Waals surface area contributed by atoms with Gasteiger partial charge in [0.1, 0.15) is 0 Å². The zero-order chi connectivity index (χ0) is 17.2. The highest BCUT2D eigenvalue weighted by molar-refractivity contribution is 5.46. The minimum atomic E-state index is 0.658. The molecule has 1 saturated heterocycles. The summed E-state index contributed by atoms with van der Waals surface area (Å²) >= 11 is 0. The molecule has 0 amide bonds. The van der Waals surface area contributed by atoms with Crippen molar-refractivity contribution in [2.75, 3.05) is 39.3 Å². The molecule has 1 rings (SSSR count). The molecule has 3 nitrogen and oxygen atoms in total. The van der Waals surface area contributed by atoms with Gasteiger partial charge in [-0.15, -0.1) is 0 Å². The Hall–Kier alpha value is -1.58. The van der Waals surface area contributed by atoms with Crippen LogP contribution in [0.15, 0.2) is 60.9 Å². The second kappa shape index (κ2) is 10.2. The van der Waals surface area contributed by atoms with Crippen LogP contribution in [-0.2, 0) is 0 Å². The Morgan fingerprint density at radius 3 is 2.26 bits per heavy atom. The van der Waals surface area contributed by atoms with Crippen molar-refractivity contribution < 1.29 is 0 Å². The molecule has 128 valence electrons. The van der Waals surface area contributed by atoms with E-state index in [-0.39, 0.29) is 0 Å². The highest BCUT2D eigenvalue weighted by Gasteiger charge is 2.17. The van der Waals surface area contributed by atoms with Gasteiger partial charge in [-0.05, 0) is 38.0 Å². The van der Waals surface area contributed by atoms with Crippen molar-refractivity contribution in [3.05, 3.63) is 60.9 Å². The lowest BCUT2D eigenvalue weighted by atomic mass is 10.1. The van der Waals surface area contributed by atoms with E-state index in [0.717, 1.165) is 43.0 Å². The lowest BCUT2D eigenvalue weighted by Crippen LogP contribution is -2.50. The molecule has 1 heterocycles. The number of rotatable bonds is 9. The number of nitrogens with zero attached hydrogens (tertiary/aromatic N) is 2. The molecule has 0 unspecified atom stereocenters. The summed E-state index contributed by atoms with van der Waals surface area (Å²) in [5.41, 5.74) is 3.00. The Kier molecular flexibility index (Phi) is 8.67. The Morgan fingerprint density at radius 2 is 1.78 bits per heavy atom. The number of hydrogen-bond donors (Lipinski definition) is 1. The van der Waals surface area contributed by atoms with E-state index in [0.29, 0.717) is 6.04 Å². The Balaban J connectivity index is 2.42. The van der Waals surface area contributed by atoms with E-state index in [2.05, 4.69) is 60.9 Å². The third-order valence-corrected chi connectivity index (χ3v) is 4.35. The van der Waals surface area contributed by atoms with E-state index in [1.807, 2.05) is 13.0 Å². The van der Waals surface area contributed by atoms with Gasteiger partial charge < -0.3 is 5.32 Å². The zero-order valence-electron chi connectivity index (χ0n) is 15.1. The molecule has 0 bridgehead atoms. The second-order valence-electron chi connectivity index (χ2n) is 6.18. The molecule has 23 heavy (non-hydrogen) atoms. The second-order valence-corrected chi connectivity index (χ2v) is 6.18. The fourth-order valence-corrected chi connectivity index (χ4v) is 2.67. The molecule has 0 aromatic heterocycles. The molecule has 0 aromatic rings. The molecule has 0 radical (unpaired) electrons. The van der Waals surface area contributed by atoms with E-state index in [1.165, 1.54) is 13.1 Å². The van der Waals surface area contributed by atoms with Crippen LogP contribution in [0, 0.1) is 0 Å². The lowest BCUT2D eigenvalue weighted by molar-refractivity contribution is 0.110. The van der Waals surface area contributed by atoms with Gasteiger partial charge in [-0.3, -0.25) is 9.80 Å². The highest BCUT2D eigenvalue weighted by atomic mass is 15.3. The average Bonchev–Trinajstić information content (AvgIpc) is 2.57. The fourth-order valence-electron chi connectivity index (χ4n) is 2.67. The van der Waals surface area contributed by atoms with Crippen LogP contribution in [0.2, 0.25) is 0 Å². The summed E-state index contributed by atoms with van der Waals surface area (Å²) in [7, 11) is 0. The minimum absolute atomic E-state index is 0.658. The Labute approximate surface area is 142 Å². The first-order valence-electron chi connectivity index (χ1n) is 8.54. The van der Waals surface area contributed by atoms with E-state index in [4.69, 9.17) is 0 Å². The molecule has 0 spiro atoms. The molecule has 1 fully saturated rings. The quantitative estimate of drug-likeness (QED) is 0.658. The summed E-state index contributed by atoms with van der Waals surface area (Å²) in [5.74, 6) is 0. The standard InChI is InChI=1S/C20H33N3/c1-7-18(6)19(8-2)16-20(9-3)21-10-11-22-12-14-23(15-13-22)17(4)5/h7-9,16-17,21H,1-2,6,10-15H2,3-5H3/b19-16-,20-9+. The van der Waals surface area contributed by atoms with Crippen molar-refractivity contribution in [1.82, 2.24) is 15.1 Å². The van der Waals surface area contributed by atoms with Crippen molar-refractivity contribution in [3.8, 4) is 0 Å². The van der Waals surface area contributed by atoms with Gasteiger partial charge in [0, 0.05) is 51.0 Å². The SMILES string of the molecule is C=CC(=C)/C(C=C)=C\C(=C/C)NCCN1CCN(C(C)C)CC1. The molecule has 0 aromatic carbocycles. The van der Waals surface area contributed by atoms with Crippen LogP contribution >= 0.6 is 0 Å². The predicted molar refractivity (Wildman–Crippen MR) is 103 cm³/mol. The average molecular weight is 316 g/mol. The summed E-state index contributed by atoms with van der Waals surface area (Å²) in [5, 5.41) is 3.50. The molecular formula is C20H33N3. The number of piperazine rings is 1. The van der Waals surface area contributed by atoms with Gasteiger partial charge in [0.2, 0.25) is 0 Å². The molecular weight excluding hydrogens is 282 g/mol. The first-order valence-corrected chi connectivity index (χ1v) is 8.54. The number of nitrogens with one attached hydrogen (secondary N) is 1. The Bertz CT molecular complexity index is 463. The van der Waals surface area contributed by atoms with E-state index < -0.39 is 0 Å². The van der Waals surface area contributed by atoms with Crippen molar-refractivity contribution >= 4 is 0 Å². The van der Waals surface area contributed by atoms with Crippen LogP contribution < -0.4 is 5.32 Å². The van der Waals surface area contributed by atoms with Crippen molar-refractivity contribution in [3.63, 3.8) is 0 Å². The van der Waals surface area contributed by atoms with Crippen LogP contribution in [0.25, 0.3) is 0 Å². The summed E-state index contributed by atoms with van der Waals surface area (Å²) in [6, 6.07) is 0.658. The summed E-state index contributed by atoms with van der Waals surface area (Å²) in [4.78, 5) is 5.07. The third kappa shape index (κ3) is 6.59. The van der Waals surface area contributed by atoms with Gasteiger partial charge in [0.15, 0.2) is 0 Å². The normalized spacial score (nSPS) is 18.1. The van der Waals surface area contributed by atoms with E-state index >= 15 is 0 Å². The summed E-state index contributed by atoms with van der Waals surface area (Å²) < 4.78 is 0. The molecule has 3 heteroatoms. The maximum atomic E-state index is 3.98. The van der Waals surface area contributed by atoms with Gasteiger partial charge in [0.25, 0.3) is 0 Å². The van der Waals surface area contributed by atoms with Crippen LogP contribution in [0.5, 0.6) is 0 Å². The van der Waals surface area contributed by atoms with Gasteiger partial charge in [-0.1, -0.05) is 38.0 Å². The van der Waals surface area contributed by atoms with E-state index in [1.54, 1.807) is 6.08 Å². The van der Waals surface area contributed by atoms with Crippen molar-refractivity contribution in [2.45, 2.75) is 26.8 Å². The third-order valence-electron chi connectivity index (χ3n) is 4.35. The topological polar surface area (TPSA) is 18.5 Å². The number of allylic oxidation sites excluding steroid dienone is 6. The zero-order valence-corrected chi connectivity index (χ0v) is 15.1. The van der Waals surface area contributed by atoms with Crippen LogP contribution in [-0.4, -0.2) is 55.1 Å². The Morgan fingerprint density at radius 1 is 1.13 bits per heavy atom. The molecule has 1 aliphatic heterocycles. The molecule has 0 aliphatic carbocycles. The maximum Gasteiger partial charge on any atom is 0.0303 e. The first-order chi connectivity index (χ1) is 11.0. The highest BCUT2D eigenvalue weighted by Crippen LogP contribution is 2.12. The smallest absolute Gasteiger partial charge is 0.0303 e. The van der Waals surface area contributed by atoms with Crippen LogP contribution in [0.1, 0.15) is 20.8 Å². The fraction of sp³-hybridized carbons (Fsp3) is 0.500. The predicted octanol–water partition coefficient (Wildman–Crippen LogP) is 3.36. The lowest BCUT2D eigenvalue weighted by Gasteiger charge is -2.37. The molecule has 0 saturated carbocycles. The van der Waals surface area contributed by atoms with Crippen molar-refractivity contribution in [2.24, 2.45) is 0 Å². The van der Waals surface area contributed by atoms with Gasteiger partial charge in [-0.25, -0.2) is 0 Å². The van der Waals surface area contributed by atoms with Gasteiger partial charge in [0.05, 0.1) is 0 Å². The monoisotopic (exact) mass is 315 g/mol. The van der Waals surface area contributed by atoms with Crippen molar-refractivity contribution in [1.29, 1.82) is 0 Å². The molecule has 1 aliphatic rings. The van der Waals surface area contributed by atoms with Crippen LogP contribution in [0.3, 0.4) is 0 Å². The van der Waals surface area contributed by atoms with Gasteiger partial charge >= 0.3 is 0 Å².